The van der Waals surface area contributed by atoms with Gasteiger partial charge in [-0.25, -0.2) is 0 Å². The van der Waals surface area contributed by atoms with E-state index in [4.69, 9.17) is 0 Å². The topological polar surface area (TPSA) is 58.2 Å². The molecule has 4 heteroatoms. The van der Waals surface area contributed by atoms with Gasteiger partial charge in [0.05, 0.1) is 6.04 Å². The lowest BCUT2D eigenvalue weighted by Crippen LogP contribution is -2.61. The molecule has 4 fully saturated rings. The fourth-order valence-electron chi connectivity index (χ4n) is 9.30. The van der Waals surface area contributed by atoms with Gasteiger partial charge in [-0.2, -0.15) is 0 Å². The van der Waals surface area contributed by atoms with Crippen molar-refractivity contribution in [3.8, 4) is 0 Å². The third kappa shape index (κ3) is 4.38. The van der Waals surface area contributed by atoms with Crippen LogP contribution < -0.4 is 10.6 Å². The maximum absolute atomic E-state index is 14.1. The van der Waals surface area contributed by atoms with Crippen molar-refractivity contribution in [1.29, 1.82) is 0 Å². The third-order valence-electron chi connectivity index (χ3n) is 11.5. The van der Waals surface area contributed by atoms with E-state index in [0.717, 1.165) is 38.5 Å². The Bertz CT molecular complexity index is 1180. The first-order valence-electron chi connectivity index (χ1n) is 15.0. The molecule has 0 aromatic heterocycles. The Kier molecular flexibility index (Phi) is 6.64. The Balaban J connectivity index is 1.20. The number of hydrogen-bond donors (Lipinski definition) is 2. The van der Waals surface area contributed by atoms with Gasteiger partial charge in [-0.1, -0.05) is 74.0 Å². The molecule has 3 aliphatic carbocycles. The largest absolute Gasteiger partial charge is 0.353 e. The zero-order valence-electron chi connectivity index (χ0n) is 23.3. The van der Waals surface area contributed by atoms with E-state index in [9.17, 15) is 9.59 Å². The van der Waals surface area contributed by atoms with Crippen molar-refractivity contribution < 1.29 is 9.59 Å². The van der Waals surface area contributed by atoms with E-state index >= 15 is 0 Å². The summed E-state index contributed by atoms with van der Waals surface area (Å²) in [5.74, 6) is 2.52. The smallest absolute Gasteiger partial charge is 0.224 e. The van der Waals surface area contributed by atoms with Gasteiger partial charge in [0.25, 0.3) is 0 Å². The molecule has 1 saturated heterocycles. The summed E-state index contributed by atoms with van der Waals surface area (Å²) in [6.07, 6.45) is 9.27. The van der Waals surface area contributed by atoms with E-state index < -0.39 is 0 Å². The van der Waals surface area contributed by atoms with Crippen LogP contribution in [0.4, 0.5) is 0 Å². The van der Waals surface area contributed by atoms with Crippen LogP contribution in [0, 0.1) is 41.4 Å². The summed E-state index contributed by atoms with van der Waals surface area (Å²) < 4.78 is 0. The van der Waals surface area contributed by atoms with Crippen LogP contribution in [0.25, 0.3) is 0 Å². The highest BCUT2D eigenvalue weighted by molar-refractivity contribution is 5.80. The van der Waals surface area contributed by atoms with Crippen molar-refractivity contribution in [3.63, 3.8) is 0 Å². The van der Waals surface area contributed by atoms with Gasteiger partial charge in [-0.15, -0.1) is 0 Å². The number of hydrogen-bond acceptors (Lipinski definition) is 2. The molecular weight excluding hydrogens is 468 g/mol. The molecule has 6 rings (SSSR count). The van der Waals surface area contributed by atoms with Crippen molar-refractivity contribution in [3.05, 3.63) is 71.3 Å². The van der Waals surface area contributed by atoms with E-state index in [1.165, 1.54) is 29.5 Å². The fraction of sp³-hybridized carbons (Fsp3) is 0.588. The highest BCUT2D eigenvalue weighted by Crippen LogP contribution is 2.65. The number of fused-ring (bicyclic) bond motifs is 5. The fourth-order valence-corrected chi connectivity index (χ4v) is 9.30. The summed E-state index contributed by atoms with van der Waals surface area (Å²) in [5.41, 5.74) is 3.97. The van der Waals surface area contributed by atoms with Gasteiger partial charge >= 0.3 is 0 Å². The van der Waals surface area contributed by atoms with Crippen LogP contribution in [0.5, 0.6) is 0 Å². The van der Waals surface area contributed by atoms with Gasteiger partial charge in [-0.05, 0) is 98.0 Å². The van der Waals surface area contributed by atoms with Crippen LogP contribution >= 0.6 is 0 Å². The zero-order chi connectivity index (χ0) is 26.5. The zero-order valence-corrected chi connectivity index (χ0v) is 23.3. The molecule has 1 heterocycles. The van der Waals surface area contributed by atoms with Gasteiger partial charge in [-0.3, -0.25) is 9.59 Å². The predicted octanol–water partition coefficient (Wildman–Crippen LogP) is 6.53. The molecule has 4 aliphatic rings. The average molecular weight is 513 g/mol. The number of nitrogens with one attached hydrogen (secondary N) is 2. The molecule has 2 N–H and O–H groups in total. The molecule has 8 atom stereocenters. The van der Waals surface area contributed by atoms with Crippen LogP contribution in [0.2, 0.25) is 0 Å². The van der Waals surface area contributed by atoms with Crippen molar-refractivity contribution in [2.45, 2.75) is 90.6 Å². The summed E-state index contributed by atoms with van der Waals surface area (Å²) in [5, 5.41) is 6.88. The van der Waals surface area contributed by atoms with Crippen molar-refractivity contribution >= 4 is 11.8 Å². The summed E-state index contributed by atoms with van der Waals surface area (Å²) >= 11 is 0. The number of piperidine rings is 1. The number of carbonyl (C=O) groups is 2. The first kappa shape index (κ1) is 25.6. The Morgan fingerprint density at radius 1 is 0.921 bits per heavy atom. The Morgan fingerprint density at radius 2 is 1.66 bits per heavy atom. The highest BCUT2D eigenvalue weighted by Gasteiger charge is 2.61. The van der Waals surface area contributed by atoms with Gasteiger partial charge in [0, 0.05) is 18.4 Å². The van der Waals surface area contributed by atoms with Crippen LogP contribution in [-0.4, -0.2) is 17.9 Å². The summed E-state index contributed by atoms with van der Waals surface area (Å²) in [7, 11) is 0. The number of amides is 2. The predicted molar refractivity (Wildman–Crippen MR) is 151 cm³/mol. The van der Waals surface area contributed by atoms with Gasteiger partial charge in [0.2, 0.25) is 11.8 Å². The summed E-state index contributed by atoms with van der Waals surface area (Å²) in [6, 6.07) is 19.5. The van der Waals surface area contributed by atoms with E-state index in [-0.39, 0.29) is 34.6 Å². The number of benzene rings is 2. The lowest BCUT2D eigenvalue weighted by molar-refractivity contribution is -0.142. The van der Waals surface area contributed by atoms with Crippen LogP contribution in [-0.2, 0) is 16.0 Å². The van der Waals surface area contributed by atoms with E-state index in [0.29, 0.717) is 30.2 Å². The first-order valence-corrected chi connectivity index (χ1v) is 15.0. The molecule has 2 aromatic carbocycles. The van der Waals surface area contributed by atoms with Crippen molar-refractivity contribution in [2.24, 2.45) is 34.5 Å². The second-order valence-electron chi connectivity index (χ2n) is 13.4. The molecule has 202 valence electrons. The normalized spacial score (nSPS) is 36.8. The molecule has 2 aromatic rings. The SMILES string of the molecule is Cc1ccc(C[C@H](NC(=O)C2CC[C@H]3[C@@H]4CCC5NC(=O)CC[C@]5(C)[C@@H]4CC[C@]23C)c2ccccc2)cc1. The maximum Gasteiger partial charge on any atom is 0.224 e. The molecule has 2 amide bonds. The molecule has 0 spiro atoms. The quantitative estimate of drug-likeness (QED) is 0.478. The minimum atomic E-state index is -0.0226. The van der Waals surface area contributed by atoms with Crippen LogP contribution in [0.3, 0.4) is 0 Å². The van der Waals surface area contributed by atoms with Gasteiger partial charge in [0.1, 0.15) is 0 Å². The Morgan fingerprint density at radius 3 is 2.42 bits per heavy atom. The molecule has 3 saturated carbocycles. The first-order chi connectivity index (χ1) is 18.3. The molecule has 4 nitrogen and oxygen atoms in total. The second kappa shape index (κ2) is 9.84. The molecule has 0 radical (unpaired) electrons. The maximum atomic E-state index is 14.1. The standard InChI is InChI=1S/C34H44N2O2/c1-22-9-11-23(12-10-22)21-29(24-7-5-4-6-8-24)35-32(38)28-15-14-26-25-13-16-30-34(3,20-18-31(37)36-30)27(25)17-19-33(26,28)2/h4-12,25-30H,13-21H2,1-3H3,(H,35,38)(H,36,37)/t25-,26-,27+,28?,29-,30?,33-,34+/m0/s1. The average Bonchev–Trinajstić information content (AvgIpc) is 3.28. The molecule has 0 bridgehead atoms. The van der Waals surface area contributed by atoms with Crippen LogP contribution in [0.15, 0.2) is 54.6 Å². The number of rotatable bonds is 5. The highest BCUT2D eigenvalue weighted by atomic mass is 16.2. The van der Waals surface area contributed by atoms with Gasteiger partial charge in [0.15, 0.2) is 0 Å². The third-order valence-corrected chi connectivity index (χ3v) is 11.5. The lowest BCUT2D eigenvalue weighted by Gasteiger charge is -2.60. The lowest BCUT2D eigenvalue weighted by atomic mass is 9.47. The molecular formula is C34H44N2O2. The van der Waals surface area contributed by atoms with E-state index in [1.54, 1.807) is 0 Å². The van der Waals surface area contributed by atoms with Crippen molar-refractivity contribution in [1.82, 2.24) is 10.6 Å². The van der Waals surface area contributed by atoms with Crippen LogP contribution in [0.1, 0.15) is 87.9 Å². The summed E-state index contributed by atoms with van der Waals surface area (Å²) in [6.45, 7) is 6.99. The minimum absolute atomic E-state index is 0.0226. The van der Waals surface area contributed by atoms with Gasteiger partial charge < -0.3 is 10.6 Å². The molecule has 1 aliphatic heterocycles. The molecule has 2 unspecified atom stereocenters. The van der Waals surface area contributed by atoms with E-state index in [2.05, 4.69) is 79.9 Å². The Labute approximate surface area is 228 Å². The number of aryl methyl sites for hydroxylation is 1. The molecule has 38 heavy (non-hydrogen) atoms. The minimum Gasteiger partial charge on any atom is -0.353 e. The summed E-state index contributed by atoms with van der Waals surface area (Å²) in [4.78, 5) is 26.2. The second-order valence-corrected chi connectivity index (χ2v) is 13.4. The number of carbonyl (C=O) groups excluding carboxylic acids is 2. The van der Waals surface area contributed by atoms with Crippen molar-refractivity contribution in [2.75, 3.05) is 0 Å². The monoisotopic (exact) mass is 512 g/mol. The Hall–Kier alpha value is -2.62. The van der Waals surface area contributed by atoms with E-state index in [1.807, 2.05) is 6.07 Å².